The van der Waals surface area contributed by atoms with E-state index in [2.05, 4.69) is 0 Å². The molecule has 0 aliphatic rings. The van der Waals surface area contributed by atoms with Gasteiger partial charge in [0, 0.05) is 24.7 Å². The summed E-state index contributed by atoms with van der Waals surface area (Å²) in [6.45, 7) is 2.59. The molecule has 0 atom stereocenters. The molecule has 0 fully saturated rings. The third-order valence-corrected chi connectivity index (χ3v) is 4.12. The van der Waals surface area contributed by atoms with Crippen LogP contribution in [0.4, 0.5) is 0 Å². The van der Waals surface area contributed by atoms with E-state index >= 15 is 0 Å². The summed E-state index contributed by atoms with van der Waals surface area (Å²) in [5, 5.41) is 0. The van der Waals surface area contributed by atoms with Gasteiger partial charge >= 0.3 is 5.97 Å². The Morgan fingerprint density at radius 1 is 1.04 bits per heavy atom. The third kappa shape index (κ3) is 6.16. The van der Waals surface area contributed by atoms with Gasteiger partial charge in [-0.15, -0.1) is 0 Å². The van der Waals surface area contributed by atoms with Gasteiger partial charge in [-0.25, -0.2) is 4.79 Å². The van der Waals surface area contributed by atoms with Gasteiger partial charge in [0.2, 0.25) is 0 Å². The maximum absolute atomic E-state index is 12.3. The maximum Gasteiger partial charge on any atom is 0.331 e. The van der Waals surface area contributed by atoms with Crippen LogP contribution in [-0.2, 0) is 20.9 Å². The molecule has 28 heavy (non-hydrogen) atoms. The molecule has 0 spiro atoms. The molecule has 0 aromatic heterocycles. The lowest BCUT2D eigenvalue weighted by Crippen LogP contribution is -2.33. The summed E-state index contributed by atoms with van der Waals surface area (Å²) in [4.78, 5) is 26.0. The van der Waals surface area contributed by atoms with E-state index in [1.807, 2.05) is 37.3 Å². The Morgan fingerprint density at radius 3 is 2.43 bits per heavy atom. The number of carbonyl (C=O) groups is 2. The Morgan fingerprint density at radius 2 is 1.79 bits per heavy atom. The van der Waals surface area contributed by atoms with Crippen molar-refractivity contribution < 1.29 is 23.8 Å². The number of hydrogen-bond acceptors (Lipinski definition) is 5. The van der Waals surface area contributed by atoms with Gasteiger partial charge in [0.05, 0.1) is 14.2 Å². The van der Waals surface area contributed by atoms with Crippen molar-refractivity contribution in [2.75, 3.05) is 27.4 Å². The molecule has 148 valence electrons. The molecule has 0 radical (unpaired) electrons. The van der Waals surface area contributed by atoms with E-state index in [9.17, 15) is 9.59 Å². The molecule has 2 aromatic carbocycles. The van der Waals surface area contributed by atoms with Crippen LogP contribution in [-0.4, -0.2) is 44.1 Å². The summed E-state index contributed by atoms with van der Waals surface area (Å²) in [5.74, 6) is 0.394. The fourth-order valence-corrected chi connectivity index (χ4v) is 2.58. The van der Waals surface area contributed by atoms with Gasteiger partial charge in [-0.05, 0) is 36.8 Å². The molecule has 0 unspecified atom stereocenters. The number of esters is 1. The van der Waals surface area contributed by atoms with Crippen LogP contribution in [0, 0.1) is 0 Å². The zero-order valence-electron chi connectivity index (χ0n) is 16.4. The van der Waals surface area contributed by atoms with E-state index in [1.54, 1.807) is 43.4 Å². The van der Waals surface area contributed by atoms with Crippen molar-refractivity contribution in [3.8, 4) is 11.5 Å². The molecule has 0 N–H and O–H groups in total. The van der Waals surface area contributed by atoms with Crippen LogP contribution >= 0.6 is 0 Å². The summed E-state index contributed by atoms with van der Waals surface area (Å²) in [6.07, 6.45) is 2.83. The van der Waals surface area contributed by atoms with Gasteiger partial charge in [0.1, 0.15) is 11.5 Å². The summed E-state index contributed by atoms with van der Waals surface area (Å²) >= 11 is 0. The number of carbonyl (C=O) groups excluding carboxylic acids is 2. The number of nitrogens with zero attached hydrogens (tertiary/aromatic N) is 1. The zero-order chi connectivity index (χ0) is 20.4. The number of amides is 1. The normalized spacial score (nSPS) is 10.5. The van der Waals surface area contributed by atoms with Crippen molar-refractivity contribution in [1.82, 2.24) is 4.90 Å². The van der Waals surface area contributed by atoms with Crippen LogP contribution in [0.3, 0.4) is 0 Å². The lowest BCUT2D eigenvalue weighted by molar-refractivity contribution is -0.148. The number of rotatable bonds is 9. The summed E-state index contributed by atoms with van der Waals surface area (Å²) in [6, 6.07) is 14.9. The van der Waals surface area contributed by atoms with Crippen molar-refractivity contribution >= 4 is 18.0 Å². The lowest BCUT2D eigenvalue weighted by atomic mass is 10.1. The van der Waals surface area contributed by atoms with Crippen molar-refractivity contribution in [3.05, 3.63) is 65.7 Å². The highest BCUT2D eigenvalue weighted by molar-refractivity contribution is 5.89. The van der Waals surface area contributed by atoms with Gasteiger partial charge in [0.15, 0.2) is 6.61 Å². The fraction of sp³-hybridized carbons (Fsp3) is 0.273. The molecule has 0 aliphatic heterocycles. The van der Waals surface area contributed by atoms with Gasteiger partial charge in [-0.2, -0.15) is 0 Å². The second kappa shape index (κ2) is 10.8. The molecule has 6 nitrogen and oxygen atoms in total. The minimum absolute atomic E-state index is 0.243. The molecule has 6 heteroatoms. The topological polar surface area (TPSA) is 65.1 Å². The molecular formula is C22H25NO5. The molecule has 0 aliphatic carbocycles. The number of ether oxygens (including phenoxy) is 3. The van der Waals surface area contributed by atoms with Crippen molar-refractivity contribution in [1.29, 1.82) is 0 Å². The van der Waals surface area contributed by atoms with Crippen LogP contribution in [0.25, 0.3) is 6.08 Å². The highest BCUT2D eigenvalue weighted by Gasteiger charge is 2.14. The second-order valence-corrected chi connectivity index (χ2v) is 5.94. The van der Waals surface area contributed by atoms with E-state index in [1.165, 1.54) is 6.08 Å². The Kier molecular flexibility index (Phi) is 8.09. The highest BCUT2D eigenvalue weighted by Crippen LogP contribution is 2.25. The summed E-state index contributed by atoms with van der Waals surface area (Å²) < 4.78 is 15.5. The first-order chi connectivity index (χ1) is 13.6. The average Bonchev–Trinajstić information content (AvgIpc) is 2.74. The summed E-state index contributed by atoms with van der Waals surface area (Å²) in [7, 11) is 3.10. The molecule has 2 rings (SSSR count). The predicted molar refractivity (Wildman–Crippen MR) is 107 cm³/mol. The van der Waals surface area contributed by atoms with E-state index in [0.717, 1.165) is 5.56 Å². The quantitative estimate of drug-likeness (QED) is 0.491. The number of likely N-dealkylation sites (N-methyl/N-ethyl adjacent to an activating group) is 1. The maximum atomic E-state index is 12.3. The van der Waals surface area contributed by atoms with Crippen molar-refractivity contribution in [3.63, 3.8) is 0 Å². The smallest absolute Gasteiger partial charge is 0.331 e. The Bertz CT molecular complexity index is 817. The zero-order valence-corrected chi connectivity index (χ0v) is 16.4. The van der Waals surface area contributed by atoms with E-state index in [-0.39, 0.29) is 12.5 Å². The standard InChI is InChI=1S/C22H25NO5/c1-4-23(15-17-8-6-5-7-9-17)21(24)16-28-22(25)13-10-18-14-19(26-2)11-12-20(18)27-3/h5-14H,4,15-16H2,1-3H3/b13-10+. The van der Waals surface area contributed by atoms with E-state index in [4.69, 9.17) is 14.2 Å². The number of methoxy groups -OCH3 is 2. The molecule has 2 aromatic rings. The first-order valence-electron chi connectivity index (χ1n) is 8.96. The minimum atomic E-state index is -0.603. The van der Waals surface area contributed by atoms with Crippen LogP contribution in [0.1, 0.15) is 18.1 Å². The molecule has 0 heterocycles. The summed E-state index contributed by atoms with van der Waals surface area (Å²) in [5.41, 5.74) is 1.69. The first kappa shape index (κ1) is 21.0. The Balaban J connectivity index is 1.92. The Hall–Kier alpha value is -3.28. The Labute approximate surface area is 165 Å². The molecule has 0 bridgehead atoms. The lowest BCUT2D eigenvalue weighted by Gasteiger charge is -2.20. The molecular weight excluding hydrogens is 358 g/mol. The van der Waals surface area contributed by atoms with Gasteiger partial charge in [-0.1, -0.05) is 30.3 Å². The second-order valence-electron chi connectivity index (χ2n) is 5.94. The van der Waals surface area contributed by atoms with Gasteiger partial charge < -0.3 is 19.1 Å². The van der Waals surface area contributed by atoms with Gasteiger partial charge in [-0.3, -0.25) is 4.79 Å². The predicted octanol–water partition coefficient (Wildman–Crippen LogP) is 3.31. The monoisotopic (exact) mass is 383 g/mol. The molecule has 0 saturated heterocycles. The van der Waals surface area contributed by atoms with Crippen LogP contribution in [0.15, 0.2) is 54.6 Å². The van der Waals surface area contributed by atoms with Crippen LogP contribution < -0.4 is 9.47 Å². The van der Waals surface area contributed by atoms with E-state index < -0.39 is 5.97 Å². The molecule has 1 amide bonds. The molecule has 0 saturated carbocycles. The largest absolute Gasteiger partial charge is 0.497 e. The van der Waals surface area contributed by atoms with Crippen molar-refractivity contribution in [2.24, 2.45) is 0 Å². The number of hydrogen-bond donors (Lipinski definition) is 0. The third-order valence-electron chi connectivity index (χ3n) is 4.12. The average molecular weight is 383 g/mol. The SMILES string of the molecule is CCN(Cc1ccccc1)C(=O)COC(=O)/C=C/c1cc(OC)ccc1OC. The minimum Gasteiger partial charge on any atom is -0.497 e. The fourth-order valence-electron chi connectivity index (χ4n) is 2.58. The van der Waals surface area contributed by atoms with Crippen LogP contribution in [0.5, 0.6) is 11.5 Å². The van der Waals surface area contributed by atoms with Gasteiger partial charge in [0.25, 0.3) is 5.91 Å². The van der Waals surface area contributed by atoms with Crippen LogP contribution in [0.2, 0.25) is 0 Å². The number of benzene rings is 2. The first-order valence-corrected chi connectivity index (χ1v) is 8.96. The van der Waals surface area contributed by atoms with Crippen molar-refractivity contribution in [2.45, 2.75) is 13.5 Å². The highest BCUT2D eigenvalue weighted by atomic mass is 16.5. The van der Waals surface area contributed by atoms with E-state index in [0.29, 0.717) is 30.2 Å².